The molecule has 0 saturated carbocycles. The normalized spacial score (nSPS) is 19.1. The third-order valence-corrected chi connectivity index (χ3v) is 4.33. The SMILES string of the molecule is CC(CN)C(=O)N1CCc2c(Cl)cc(Cl)cc2C1C.Cl. The van der Waals surface area contributed by atoms with Crippen molar-refractivity contribution >= 4 is 41.5 Å². The van der Waals surface area contributed by atoms with E-state index in [-0.39, 0.29) is 30.3 Å². The van der Waals surface area contributed by atoms with E-state index in [1.165, 1.54) is 0 Å². The second-order valence-electron chi connectivity index (χ2n) is 5.05. The molecule has 1 aromatic rings. The van der Waals surface area contributed by atoms with Gasteiger partial charge in [0.15, 0.2) is 0 Å². The van der Waals surface area contributed by atoms with Gasteiger partial charge in [0, 0.05) is 29.1 Å². The summed E-state index contributed by atoms with van der Waals surface area (Å²) in [6.45, 7) is 4.91. The van der Waals surface area contributed by atoms with Gasteiger partial charge in [-0.2, -0.15) is 0 Å². The van der Waals surface area contributed by atoms with Crippen molar-refractivity contribution in [3.8, 4) is 0 Å². The topological polar surface area (TPSA) is 46.3 Å². The van der Waals surface area contributed by atoms with E-state index in [1.54, 1.807) is 6.07 Å². The van der Waals surface area contributed by atoms with Gasteiger partial charge in [0.2, 0.25) is 5.91 Å². The zero-order valence-corrected chi connectivity index (χ0v) is 13.9. The summed E-state index contributed by atoms with van der Waals surface area (Å²) in [7, 11) is 0. The predicted molar refractivity (Wildman–Crippen MR) is 85.8 cm³/mol. The summed E-state index contributed by atoms with van der Waals surface area (Å²) in [6.07, 6.45) is 0.763. The van der Waals surface area contributed by atoms with Crippen molar-refractivity contribution < 1.29 is 4.79 Å². The van der Waals surface area contributed by atoms with Gasteiger partial charge in [0.1, 0.15) is 0 Å². The minimum atomic E-state index is -0.154. The Morgan fingerprint density at radius 3 is 2.75 bits per heavy atom. The maximum atomic E-state index is 12.3. The number of benzene rings is 1. The average Bonchev–Trinajstić information content (AvgIpc) is 2.38. The lowest BCUT2D eigenvalue weighted by atomic mass is 9.92. The summed E-state index contributed by atoms with van der Waals surface area (Å²) in [5, 5.41) is 1.30. The van der Waals surface area contributed by atoms with Crippen molar-refractivity contribution in [2.45, 2.75) is 26.3 Å². The molecule has 112 valence electrons. The van der Waals surface area contributed by atoms with Crippen molar-refractivity contribution in [1.29, 1.82) is 0 Å². The van der Waals surface area contributed by atoms with E-state index in [0.717, 1.165) is 17.5 Å². The van der Waals surface area contributed by atoms with Gasteiger partial charge >= 0.3 is 0 Å². The second-order valence-corrected chi connectivity index (χ2v) is 5.89. The van der Waals surface area contributed by atoms with Gasteiger partial charge < -0.3 is 10.6 Å². The van der Waals surface area contributed by atoms with Crippen LogP contribution in [0.1, 0.15) is 31.0 Å². The van der Waals surface area contributed by atoms with Gasteiger partial charge in [-0.15, -0.1) is 12.4 Å². The van der Waals surface area contributed by atoms with Crippen molar-refractivity contribution in [1.82, 2.24) is 4.90 Å². The molecule has 0 saturated heterocycles. The minimum absolute atomic E-state index is 0. The minimum Gasteiger partial charge on any atom is -0.335 e. The Hall–Kier alpha value is -0.480. The molecule has 0 fully saturated rings. The molecule has 1 aliphatic rings. The van der Waals surface area contributed by atoms with Crippen LogP contribution >= 0.6 is 35.6 Å². The number of carbonyl (C=O) groups is 1. The van der Waals surface area contributed by atoms with Gasteiger partial charge in [0.05, 0.1) is 6.04 Å². The van der Waals surface area contributed by atoms with E-state index < -0.39 is 0 Å². The number of hydrogen-bond acceptors (Lipinski definition) is 2. The second kappa shape index (κ2) is 6.99. The Morgan fingerprint density at radius 2 is 2.15 bits per heavy atom. The maximum Gasteiger partial charge on any atom is 0.227 e. The van der Waals surface area contributed by atoms with E-state index in [4.69, 9.17) is 28.9 Å². The highest BCUT2D eigenvalue weighted by Crippen LogP contribution is 2.36. The van der Waals surface area contributed by atoms with Crippen LogP contribution in [0, 0.1) is 5.92 Å². The molecular formula is C14H19Cl3N2O. The van der Waals surface area contributed by atoms with Crippen LogP contribution in [0.15, 0.2) is 12.1 Å². The molecule has 0 spiro atoms. The molecule has 3 nitrogen and oxygen atoms in total. The molecule has 1 aromatic carbocycles. The Morgan fingerprint density at radius 1 is 1.50 bits per heavy atom. The molecule has 2 unspecified atom stereocenters. The average molecular weight is 338 g/mol. The van der Waals surface area contributed by atoms with Gasteiger partial charge in [-0.3, -0.25) is 4.79 Å². The fraction of sp³-hybridized carbons (Fsp3) is 0.500. The molecule has 1 amide bonds. The predicted octanol–water partition coefficient (Wildman–Crippen LogP) is 3.46. The molecule has 6 heteroatoms. The van der Waals surface area contributed by atoms with Crippen molar-refractivity contribution in [2.75, 3.05) is 13.1 Å². The molecule has 0 aromatic heterocycles. The lowest BCUT2D eigenvalue weighted by Crippen LogP contribution is -2.43. The molecule has 2 N–H and O–H groups in total. The molecule has 2 atom stereocenters. The van der Waals surface area contributed by atoms with Crippen LogP contribution in [0.2, 0.25) is 10.0 Å². The monoisotopic (exact) mass is 336 g/mol. The summed E-state index contributed by atoms with van der Waals surface area (Å²) in [4.78, 5) is 14.2. The number of nitrogens with two attached hydrogens (primary N) is 1. The lowest BCUT2D eigenvalue weighted by Gasteiger charge is -2.37. The zero-order valence-electron chi connectivity index (χ0n) is 11.5. The highest BCUT2D eigenvalue weighted by Gasteiger charge is 2.30. The number of carbonyl (C=O) groups excluding carboxylic acids is 1. The molecule has 1 aliphatic heterocycles. The molecule has 0 bridgehead atoms. The fourth-order valence-electron chi connectivity index (χ4n) is 2.54. The van der Waals surface area contributed by atoms with Gasteiger partial charge in [-0.1, -0.05) is 30.1 Å². The number of amides is 1. The third-order valence-electron chi connectivity index (χ3n) is 3.77. The Labute approximate surface area is 135 Å². The highest BCUT2D eigenvalue weighted by atomic mass is 35.5. The first-order chi connectivity index (χ1) is 8.95. The summed E-state index contributed by atoms with van der Waals surface area (Å²) in [5.41, 5.74) is 7.72. The first kappa shape index (κ1) is 17.6. The van der Waals surface area contributed by atoms with Crippen LogP contribution in [0.3, 0.4) is 0 Å². The van der Waals surface area contributed by atoms with E-state index in [1.807, 2.05) is 24.8 Å². The first-order valence-electron chi connectivity index (χ1n) is 6.44. The fourth-order valence-corrected chi connectivity index (χ4v) is 3.14. The van der Waals surface area contributed by atoms with E-state index in [0.29, 0.717) is 23.1 Å². The van der Waals surface area contributed by atoms with Crippen LogP contribution in [-0.2, 0) is 11.2 Å². The summed E-state index contributed by atoms with van der Waals surface area (Å²) in [5.74, 6) is -0.0598. The quantitative estimate of drug-likeness (QED) is 0.898. The highest BCUT2D eigenvalue weighted by molar-refractivity contribution is 6.35. The van der Waals surface area contributed by atoms with E-state index >= 15 is 0 Å². The number of hydrogen-bond donors (Lipinski definition) is 1. The molecular weight excluding hydrogens is 319 g/mol. The standard InChI is InChI=1S/C14H18Cl2N2O.ClH/c1-8(7-17)14(19)18-4-3-11-12(9(18)2)5-10(15)6-13(11)16;/h5-6,8-9H,3-4,7,17H2,1-2H3;1H. The summed E-state index contributed by atoms with van der Waals surface area (Å²) < 4.78 is 0. The molecule has 0 aliphatic carbocycles. The van der Waals surface area contributed by atoms with Crippen molar-refractivity contribution in [3.05, 3.63) is 33.3 Å². The summed E-state index contributed by atoms with van der Waals surface area (Å²) in [6, 6.07) is 3.65. The lowest BCUT2D eigenvalue weighted by molar-refractivity contribution is -0.137. The number of halogens is 3. The summed E-state index contributed by atoms with van der Waals surface area (Å²) >= 11 is 12.3. The smallest absolute Gasteiger partial charge is 0.227 e. The van der Waals surface area contributed by atoms with Crippen LogP contribution in [0.4, 0.5) is 0 Å². The largest absolute Gasteiger partial charge is 0.335 e. The zero-order chi connectivity index (χ0) is 14.2. The Balaban J connectivity index is 0.00000200. The van der Waals surface area contributed by atoms with Crippen LogP contribution in [-0.4, -0.2) is 23.9 Å². The molecule has 20 heavy (non-hydrogen) atoms. The third kappa shape index (κ3) is 3.22. The Kier molecular flexibility index (Phi) is 6.14. The molecule has 1 heterocycles. The van der Waals surface area contributed by atoms with Gasteiger partial charge in [-0.25, -0.2) is 0 Å². The number of fused-ring (bicyclic) bond motifs is 1. The van der Waals surface area contributed by atoms with Gasteiger partial charge in [-0.05, 0) is 36.6 Å². The first-order valence-corrected chi connectivity index (χ1v) is 7.19. The maximum absolute atomic E-state index is 12.3. The van der Waals surface area contributed by atoms with E-state index in [2.05, 4.69) is 0 Å². The van der Waals surface area contributed by atoms with E-state index in [9.17, 15) is 4.79 Å². The van der Waals surface area contributed by atoms with Crippen molar-refractivity contribution in [2.24, 2.45) is 11.7 Å². The van der Waals surface area contributed by atoms with Crippen LogP contribution in [0.5, 0.6) is 0 Å². The van der Waals surface area contributed by atoms with Crippen LogP contribution < -0.4 is 5.73 Å². The number of rotatable bonds is 2. The molecule has 0 radical (unpaired) electrons. The Bertz CT molecular complexity index is 507. The van der Waals surface area contributed by atoms with Crippen molar-refractivity contribution in [3.63, 3.8) is 0 Å². The van der Waals surface area contributed by atoms with Gasteiger partial charge in [0.25, 0.3) is 0 Å². The number of nitrogens with zero attached hydrogens (tertiary/aromatic N) is 1. The molecule has 2 rings (SSSR count). The van der Waals surface area contributed by atoms with Crippen LogP contribution in [0.25, 0.3) is 0 Å².